The summed E-state index contributed by atoms with van der Waals surface area (Å²) in [4.78, 5) is 12.0. The van der Waals surface area contributed by atoms with Gasteiger partial charge in [0.1, 0.15) is 5.75 Å². The van der Waals surface area contributed by atoms with Crippen LogP contribution in [0.2, 0.25) is 0 Å². The number of nitrogens with zero attached hydrogens (tertiary/aromatic N) is 2. The first kappa shape index (κ1) is 16.7. The number of hydrogen-bond acceptors (Lipinski definition) is 6. The Morgan fingerprint density at radius 1 is 1.12 bits per heavy atom. The van der Waals surface area contributed by atoms with Crippen molar-refractivity contribution in [3.8, 4) is 17.2 Å². The number of hydrogen-bond donors (Lipinski definition) is 0. The van der Waals surface area contributed by atoms with Crippen LogP contribution in [0.3, 0.4) is 0 Å². The van der Waals surface area contributed by atoms with Gasteiger partial charge in [0.2, 0.25) is 5.89 Å². The summed E-state index contributed by atoms with van der Waals surface area (Å²) in [6.07, 6.45) is -0.738. The number of carbonyl (C=O) groups excluding carboxylic acids is 1. The number of carbonyl (C=O) groups is 1. The summed E-state index contributed by atoms with van der Waals surface area (Å²) in [5.41, 5.74) is 1.86. The van der Waals surface area contributed by atoms with Crippen molar-refractivity contribution in [2.45, 2.75) is 26.6 Å². The first-order valence-corrected chi connectivity index (χ1v) is 7.89. The Hall–Kier alpha value is -3.15. The number of aryl methyl sites for hydroxylation is 1. The zero-order valence-corrected chi connectivity index (χ0v) is 14.0. The molecule has 0 aliphatic carbocycles. The molecule has 1 aromatic heterocycles. The van der Waals surface area contributed by atoms with Gasteiger partial charge in [-0.1, -0.05) is 30.3 Å². The van der Waals surface area contributed by atoms with Gasteiger partial charge in [-0.25, -0.2) is 4.79 Å². The van der Waals surface area contributed by atoms with Gasteiger partial charge in [-0.3, -0.25) is 0 Å². The summed E-state index contributed by atoms with van der Waals surface area (Å²) < 4.78 is 16.3. The molecule has 25 heavy (non-hydrogen) atoms. The van der Waals surface area contributed by atoms with Gasteiger partial charge in [0.25, 0.3) is 5.89 Å². The number of rotatable bonds is 6. The van der Waals surface area contributed by atoms with Crippen molar-refractivity contribution in [2.75, 3.05) is 0 Å². The minimum Gasteiger partial charge on any atom is -0.479 e. The highest BCUT2D eigenvalue weighted by molar-refractivity contribution is 5.74. The Kier molecular flexibility index (Phi) is 5.09. The molecule has 6 heteroatoms. The Labute approximate surface area is 145 Å². The van der Waals surface area contributed by atoms with E-state index in [4.69, 9.17) is 13.9 Å². The molecule has 0 amide bonds. The van der Waals surface area contributed by atoms with E-state index >= 15 is 0 Å². The maximum Gasteiger partial charge on any atom is 0.347 e. The molecule has 0 fully saturated rings. The molecule has 0 unspecified atom stereocenters. The van der Waals surface area contributed by atoms with Gasteiger partial charge in [-0.15, -0.1) is 10.2 Å². The fourth-order valence-corrected chi connectivity index (χ4v) is 2.20. The third kappa shape index (κ3) is 4.44. The van der Waals surface area contributed by atoms with E-state index in [9.17, 15) is 4.79 Å². The average Bonchev–Trinajstić information content (AvgIpc) is 3.09. The third-order valence-electron chi connectivity index (χ3n) is 3.46. The molecule has 3 aromatic rings. The van der Waals surface area contributed by atoms with Gasteiger partial charge in [-0.05, 0) is 43.7 Å². The summed E-state index contributed by atoms with van der Waals surface area (Å²) in [5, 5.41) is 7.83. The fraction of sp³-hybridized carbons (Fsp3) is 0.211. The van der Waals surface area contributed by atoms with Gasteiger partial charge in [-0.2, -0.15) is 0 Å². The lowest BCUT2D eigenvalue weighted by Gasteiger charge is -2.13. The van der Waals surface area contributed by atoms with Crippen molar-refractivity contribution in [1.82, 2.24) is 10.2 Å². The summed E-state index contributed by atoms with van der Waals surface area (Å²) in [6.45, 7) is 3.49. The maximum absolute atomic E-state index is 12.0. The molecule has 0 aliphatic heterocycles. The quantitative estimate of drug-likeness (QED) is 0.640. The number of benzene rings is 2. The van der Waals surface area contributed by atoms with Crippen LogP contribution in [-0.2, 0) is 16.1 Å². The van der Waals surface area contributed by atoms with E-state index in [-0.39, 0.29) is 12.5 Å². The summed E-state index contributed by atoms with van der Waals surface area (Å²) in [5.74, 6) is 0.736. The van der Waals surface area contributed by atoms with E-state index in [2.05, 4.69) is 10.2 Å². The van der Waals surface area contributed by atoms with Gasteiger partial charge < -0.3 is 13.9 Å². The van der Waals surface area contributed by atoms with Crippen LogP contribution in [0.4, 0.5) is 0 Å². The molecule has 0 saturated heterocycles. The van der Waals surface area contributed by atoms with Crippen LogP contribution in [0, 0.1) is 6.92 Å². The molecule has 0 saturated carbocycles. The van der Waals surface area contributed by atoms with Crippen molar-refractivity contribution in [2.24, 2.45) is 0 Å². The highest BCUT2D eigenvalue weighted by Crippen LogP contribution is 2.18. The second-order valence-electron chi connectivity index (χ2n) is 5.55. The van der Waals surface area contributed by atoms with E-state index < -0.39 is 12.1 Å². The molecule has 0 N–H and O–H groups in total. The highest BCUT2D eigenvalue weighted by atomic mass is 16.6. The van der Waals surface area contributed by atoms with Crippen LogP contribution in [0.1, 0.15) is 18.4 Å². The van der Waals surface area contributed by atoms with E-state index in [1.165, 1.54) is 0 Å². The van der Waals surface area contributed by atoms with Crippen LogP contribution in [0.25, 0.3) is 11.5 Å². The second-order valence-corrected chi connectivity index (χ2v) is 5.55. The predicted octanol–water partition coefficient (Wildman–Crippen LogP) is 3.56. The Bertz CT molecular complexity index is 845. The summed E-state index contributed by atoms with van der Waals surface area (Å²) >= 11 is 0. The molecule has 3 rings (SSSR count). The maximum atomic E-state index is 12.0. The number of ether oxygens (including phenoxy) is 2. The zero-order chi connectivity index (χ0) is 17.6. The standard InChI is InChI=1S/C19H18N2O4/c1-13-7-6-10-16(11-13)24-14(2)19(22)23-12-17-20-21-18(25-17)15-8-4-3-5-9-15/h3-11,14H,12H2,1-2H3/t14-/m0/s1. The predicted molar refractivity (Wildman–Crippen MR) is 90.8 cm³/mol. The lowest BCUT2D eigenvalue weighted by molar-refractivity contribution is -0.153. The van der Waals surface area contributed by atoms with Crippen molar-refractivity contribution in [3.63, 3.8) is 0 Å². The SMILES string of the molecule is Cc1cccc(O[C@@H](C)C(=O)OCc2nnc(-c3ccccc3)o2)c1. The third-order valence-corrected chi connectivity index (χ3v) is 3.46. The molecule has 0 radical (unpaired) electrons. The van der Waals surface area contributed by atoms with Crippen molar-refractivity contribution < 1.29 is 18.7 Å². The van der Waals surface area contributed by atoms with Crippen molar-refractivity contribution in [3.05, 3.63) is 66.1 Å². The Balaban J connectivity index is 1.54. The summed E-state index contributed by atoms with van der Waals surface area (Å²) in [7, 11) is 0. The van der Waals surface area contributed by atoms with Crippen molar-refractivity contribution >= 4 is 5.97 Å². The smallest absolute Gasteiger partial charge is 0.347 e. The molecular weight excluding hydrogens is 320 g/mol. The molecule has 1 atom stereocenters. The van der Waals surface area contributed by atoms with E-state index in [1.54, 1.807) is 13.0 Å². The van der Waals surface area contributed by atoms with E-state index in [0.717, 1.165) is 11.1 Å². The molecule has 1 heterocycles. The lowest BCUT2D eigenvalue weighted by Crippen LogP contribution is -2.26. The van der Waals surface area contributed by atoms with Gasteiger partial charge in [0, 0.05) is 5.56 Å². The molecule has 6 nitrogen and oxygen atoms in total. The van der Waals surface area contributed by atoms with Gasteiger partial charge in [0.05, 0.1) is 0 Å². The van der Waals surface area contributed by atoms with Crippen LogP contribution in [-0.4, -0.2) is 22.3 Å². The number of aromatic nitrogens is 2. The molecule has 128 valence electrons. The first-order valence-electron chi connectivity index (χ1n) is 7.89. The average molecular weight is 338 g/mol. The first-order chi connectivity index (χ1) is 12.1. The molecule has 0 bridgehead atoms. The van der Waals surface area contributed by atoms with Crippen LogP contribution in [0.5, 0.6) is 5.75 Å². The second kappa shape index (κ2) is 7.61. The molecule has 2 aromatic carbocycles. The van der Waals surface area contributed by atoms with Crippen molar-refractivity contribution in [1.29, 1.82) is 0 Å². The number of esters is 1. The van der Waals surface area contributed by atoms with Crippen LogP contribution < -0.4 is 4.74 Å². The topological polar surface area (TPSA) is 74.5 Å². The minimum absolute atomic E-state index is 0.0970. The van der Waals surface area contributed by atoms with Gasteiger partial charge >= 0.3 is 5.97 Å². The largest absolute Gasteiger partial charge is 0.479 e. The molecule has 0 spiro atoms. The van der Waals surface area contributed by atoms with Gasteiger partial charge in [0.15, 0.2) is 12.7 Å². The fourth-order valence-electron chi connectivity index (χ4n) is 2.20. The van der Waals surface area contributed by atoms with Crippen LogP contribution >= 0.6 is 0 Å². The molecule has 0 aliphatic rings. The lowest BCUT2D eigenvalue weighted by atomic mass is 10.2. The monoisotopic (exact) mass is 338 g/mol. The van der Waals surface area contributed by atoms with Crippen LogP contribution in [0.15, 0.2) is 59.0 Å². The van der Waals surface area contributed by atoms with E-state index in [1.807, 2.05) is 55.5 Å². The normalized spacial score (nSPS) is 11.8. The zero-order valence-electron chi connectivity index (χ0n) is 14.0. The summed E-state index contributed by atoms with van der Waals surface area (Å²) in [6, 6.07) is 16.9. The highest BCUT2D eigenvalue weighted by Gasteiger charge is 2.18. The minimum atomic E-state index is -0.738. The Morgan fingerprint density at radius 2 is 1.92 bits per heavy atom. The Morgan fingerprint density at radius 3 is 2.68 bits per heavy atom. The molecular formula is C19H18N2O4. The van der Waals surface area contributed by atoms with E-state index in [0.29, 0.717) is 11.6 Å².